The highest BCUT2D eigenvalue weighted by molar-refractivity contribution is 9.10. The summed E-state index contributed by atoms with van der Waals surface area (Å²) in [6.07, 6.45) is 2.36. The first-order valence-electron chi connectivity index (χ1n) is 11.0. The van der Waals surface area contributed by atoms with E-state index in [4.69, 9.17) is 11.6 Å². The third-order valence-corrected chi connectivity index (χ3v) is 6.92. The molecule has 5 rings (SSSR count). The Morgan fingerprint density at radius 3 is 2.62 bits per heavy atom. The molecule has 0 N–H and O–H groups in total. The van der Waals surface area contributed by atoms with E-state index in [-0.39, 0.29) is 5.56 Å². The van der Waals surface area contributed by atoms with E-state index in [9.17, 15) is 4.79 Å². The number of rotatable bonds is 5. The first-order valence-corrected chi connectivity index (χ1v) is 12.2. The molecule has 0 aliphatic heterocycles. The van der Waals surface area contributed by atoms with Crippen molar-refractivity contribution < 1.29 is 0 Å². The molecule has 170 valence electrons. The molecule has 0 atom stereocenters. The van der Waals surface area contributed by atoms with E-state index in [1.54, 1.807) is 12.3 Å². The van der Waals surface area contributed by atoms with Crippen LogP contribution in [0.5, 0.6) is 0 Å². The molecule has 0 bridgehead atoms. The summed E-state index contributed by atoms with van der Waals surface area (Å²) >= 11 is 9.89. The van der Waals surface area contributed by atoms with Crippen molar-refractivity contribution in [3.63, 3.8) is 0 Å². The second kappa shape index (κ2) is 9.20. The van der Waals surface area contributed by atoms with Gasteiger partial charge in [-0.15, -0.1) is 0 Å². The molecule has 2 aromatic heterocycles. The average Bonchev–Trinajstić information content (AvgIpc) is 3.11. The van der Waals surface area contributed by atoms with Gasteiger partial charge in [0.1, 0.15) is 5.82 Å². The van der Waals surface area contributed by atoms with Crippen molar-refractivity contribution in [1.82, 2.24) is 14.2 Å². The van der Waals surface area contributed by atoms with Crippen LogP contribution >= 0.6 is 27.5 Å². The summed E-state index contributed by atoms with van der Waals surface area (Å²) in [4.78, 5) is 18.0. The van der Waals surface area contributed by atoms with Crippen molar-refractivity contribution >= 4 is 55.6 Å². The van der Waals surface area contributed by atoms with E-state index in [1.807, 2.05) is 55.5 Å². The Morgan fingerprint density at radius 2 is 1.82 bits per heavy atom. The molecule has 0 radical (unpaired) electrons. The zero-order valence-corrected chi connectivity index (χ0v) is 21.1. The van der Waals surface area contributed by atoms with Gasteiger partial charge in [0.15, 0.2) is 0 Å². The SMILES string of the molecule is CCc1nc2ccc(Br)cc2c(=O)n1N=Cc1c(C)n(Cc2ccccc2Cl)c2ccccc12. The molecule has 0 unspecified atom stereocenters. The predicted octanol–water partition coefficient (Wildman–Crippen LogP) is 6.57. The van der Waals surface area contributed by atoms with Gasteiger partial charge in [-0.1, -0.05) is 70.9 Å². The van der Waals surface area contributed by atoms with Gasteiger partial charge in [0, 0.05) is 44.6 Å². The van der Waals surface area contributed by atoms with Crippen LogP contribution < -0.4 is 5.56 Å². The molecule has 0 aliphatic carbocycles. The van der Waals surface area contributed by atoms with Gasteiger partial charge in [0.05, 0.1) is 17.1 Å². The summed E-state index contributed by atoms with van der Waals surface area (Å²) in [7, 11) is 0. The van der Waals surface area contributed by atoms with Gasteiger partial charge >= 0.3 is 0 Å². The summed E-state index contributed by atoms with van der Waals surface area (Å²) in [6, 6.07) is 21.6. The first kappa shape index (κ1) is 22.6. The Hall–Kier alpha value is -3.22. The molecule has 5 nitrogen and oxygen atoms in total. The second-order valence-corrected chi connectivity index (χ2v) is 9.42. The van der Waals surface area contributed by atoms with Crippen LogP contribution in [0.15, 0.2) is 81.1 Å². The fraction of sp³-hybridized carbons (Fsp3) is 0.148. The second-order valence-electron chi connectivity index (χ2n) is 8.10. The van der Waals surface area contributed by atoms with Crippen LogP contribution in [0.25, 0.3) is 21.8 Å². The lowest BCUT2D eigenvalue weighted by atomic mass is 10.1. The van der Waals surface area contributed by atoms with Crippen LogP contribution in [0, 0.1) is 6.92 Å². The topological polar surface area (TPSA) is 52.2 Å². The third-order valence-electron chi connectivity index (χ3n) is 6.06. The summed E-state index contributed by atoms with van der Waals surface area (Å²) in [5.41, 5.74) is 4.63. The smallest absolute Gasteiger partial charge is 0.282 e. The van der Waals surface area contributed by atoms with Crippen LogP contribution in [-0.2, 0) is 13.0 Å². The normalized spacial score (nSPS) is 11.8. The Kier molecular flexibility index (Phi) is 6.11. The van der Waals surface area contributed by atoms with Crippen molar-refractivity contribution in [3.05, 3.63) is 109 Å². The van der Waals surface area contributed by atoms with Gasteiger partial charge in [-0.25, -0.2) is 4.98 Å². The van der Waals surface area contributed by atoms with E-state index in [1.165, 1.54) is 4.68 Å². The highest BCUT2D eigenvalue weighted by Crippen LogP contribution is 2.27. The van der Waals surface area contributed by atoms with Crippen molar-refractivity contribution in [2.75, 3.05) is 0 Å². The number of para-hydroxylation sites is 1. The third kappa shape index (κ3) is 3.97. The van der Waals surface area contributed by atoms with Crippen LogP contribution in [-0.4, -0.2) is 20.4 Å². The van der Waals surface area contributed by atoms with Crippen molar-refractivity contribution in [2.24, 2.45) is 5.10 Å². The van der Waals surface area contributed by atoms with Gasteiger partial charge in [-0.05, 0) is 42.8 Å². The predicted molar refractivity (Wildman–Crippen MR) is 143 cm³/mol. The van der Waals surface area contributed by atoms with Crippen molar-refractivity contribution in [3.8, 4) is 0 Å². The molecular weight excluding hydrogens is 512 g/mol. The Labute approximate surface area is 210 Å². The molecular formula is C27H22BrClN4O. The summed E-state index contributed by atoms with van der Waals surface area (Å²) in [5.74, 6) is 0.619. The van der Waals surface area contributed by atoms with Gasteiger partial charge < -0.3 is 4.57 Å². The van der Waals surface area contributed by atoms with Crippen LogP contribution in [0.1, 0.15) is 29.6 Å². The largest absolute Gasteiger partial charge is 0.340 e. The minimum absolute atomic E-state index is 0.183. The molecule has 7 heteroatoms. The molecule has 0 amide bonds. The molecule has 0 aliphatic rings. The first-order chi connectivity index (χ1) is 16.5. The molecule has 0 spiro atoms. The van der Waals surface area contributed by atoms with Crippen LogP contribution in [0.3, 0.4) is 0 Å². The lowest BCUT2D eigenvalue weighted by Gasteiger charge is -2.10. The maximum absolute atomic E-state index is 13.3. The van der Waals surface area contributed by atoms with Gasteiger partial charge in [0.25, 0.3) is 5.56 Å². The molecule has 5 aromatic rings. The van der Waals surface area contributed by atoms with E-state index in [2.05, 4.69) is 49.6 Å². The monoisotopic (exact) mass is 532 g/mol. The molecule has 34 heavy (non-hydrogen) atoms. The molecule has 3 aromatic carbocycles. The zero-order valence-electron chi connectivity index (χ0n) is 18.8. The average molecular weight is 534 g/mol. The molecule has 0 fully saturated rings. The van der Waals surface area contributed by atoms with Crippen molar-refractivity contribution in [1.29, 1.82) is 0 Å². The Balaban J connectivity index is 1.65. The van der Waals surface area contributed by atoms with E-state index >= 15 is 0 Å². The highest BCUT2D eigenvalue weighted by atomic mass is 79.9. The van der Waals surface area contributed by atoms with Crippen molar-refractivity contribution in [2.45, 2.75) is 26.8 Å². The fourth-order valence-corrected chi connectivity index (χ4v) is 4.84. The maximum Gasteiger partial charge on any atom is 0.282 e. The Morgan fingerprint density at radius 1 is 1.06 bits per heavy atom. The summed E-state index contributed by atoms with van der Waals surface area (Å²) in [5, 5.41) is 6.97. The van der Waals surface area contributed by atoms with Crippen LogP contribution in [0.2, 0.25) is 5.02 Å². The minimum Gasteiger partial charge on any atom is -0.340 e. The Bertz CT molecular complexity index is 1630. The lowest BCUT2D eigenvalue weighted by Crippen LogP contribution is -2.22. The zero-order chi connectivity index (χ0) is 23.8. The number of aryl methyl sites for hydroxylation is 1. The van der Waals surface area contributed by atoms with E-state index in [0.717, 1.165) is 37.2 Å². The van der Waals surface area contributed by atoms with Gasteiger partial charge in [0.2, 0.25) is 0 Å². The number of benzene rings is 3. The molecule has 0 saturated carbocycles. The van der Waals surface area contributed by atoms with E-state index < -0.39 is 0 Å². The number of fused-ring (bicyclic) bond motifs is 2. The van der Waals surface area contributed by atoms with E-state index in [0.29, 0.717) is 29.7 Å². The fourth-order valence-electron chi connectivity index (χ4n) is 4.28. The number of aromatic nitrogens is 3. The minimum atomic E-state index is -0.183. The molecule has 0 saturated heterocycles. The van der Waals surface area contributed by atoms with Crippen LogP contribution in [0.4, 0.5) is 0 Å². The number of hydrogen-bond donors (Lipinski definition) is 0. The maximum atomic E-state index is 13.3. The summed E-state index contributed by atoms with van der Waals surface area (Å²) < 4.78 is 4.48. The standard InChI is InChI=1S/C27H22BrClN4O/c1-3-26-31-24-13-12-19(28)14-21(24)27(34)33(26)30-15-22-17(2)32(25-11-7-5-9-20(22)25)16-18-8-4-6-10-23(18)29/h4-15H,3,16H2,1-2H3. The highest BCUT2D eigenvalue weighted by Gasteiger charge is 2.15. The number of nitrogens with zero attached hydrogens (tertiary/aromatic N) is 4. The number of hydrogen-bond acceptors (Lipinski definition) is 3. The van der Waals surface area contributed by atoms with Gasteiger partial charge in [-0.2, -0.15) is 9.78 Å². The number of halogens is 2. The lowest BCUT2D eigenvalue weighted by molar-refractivity contribution is 0.734. The van der Waals surface area contributed by atoms with Gasteiger partial charge in [-0.3, -0.25) is 4.79 Å². The quantitative estimate of drug-likeness (QED) is 0.240. The molecule has 2 heterocycles. The summed E-state index contributed by atoms with van der Waals surface area (Å²) in [6.45, 7) is 4.68.